The van der Waals surface area contributed by atoms with E-state index >= 15 is 0 Å². The van der Waals surface area contributed by atoms with E-state index in [1.807, 2.05) is 0 Å². The molecular formula is C7H16O3Si2. The zero-order valence-electron chi connectivity index (χ0n) is 8.14. The van der Waals surface area contributed by atoms with E-state index in [0.717, 1.165) is 0 Å². The quantitative estimate of drug-likeness (QED) is 0.505. The fourth-order valence-electron chi connectivity index (χ4n) is 0.383. The van der Waals surface area contributed by atoms with Crippen molar-refractivity contribution in [3.63, 3.8) is 0 Å². The van der Waals surface area contributed by atoms with E-state index < -0.39 is 18.3 Å². The lowest BCUT2D eigenvalue weighted by atomic mass is 10.4. The van der Waals surface area contributed by atoms with Crippen molar-refractivity contribution in [2.75, 3.05) is 0 Å². The highest BCUT2D eigenvalue weighted by Crippen LogP contribution is 2.01. The van der Waals surface area contributed by atoms with Gasteiger partial charge in [-0.15, -0.1) is 0 Å². The Morgan fingerprint density at radius 2 is 1.92 bits per heavy atom. The fraction of sp³-hybridized carbons (Fsp3) is 0.571. The molecule has 0 amide bonds. The van der Waals surface area contributed by atoms with Crippen LogP contribution in [0.4, 0.5) is 0 Å². The highest BCUT2D eigenvalue weighted by molar-refractivity contribution is 6.73. The van der Waals surface area contributed by atoms with E-state index in [-0.39, 0.29) is 5.97 Å². The maximum Gasteiger partial charge on any atom is 0.359 e. The normalized spacial score (nSPS) is 12.0. The number of rotatable bonds is 4. The SMILES string of the molecule is C=C(C)C(=O)O[SiH2]O[Si](C)(C)C. The molecule has 12 heavy (non-hydrogen) atoms. The van der Waals surface area contributed by atoms with Crippen molar-refractivity contribution < 1.29 is 13.3 Å². The maximum absolute atomic E-state index is 10.9. The smallest absolute Gasteiger partial charge is 0.359 e. The number of carbonyl (C=O) groups is 1. The number of carbonyl (C=O) groups excluding carboxylic acids is 1. The number of hydrogen-bond donors (Lipinski definition) is 0. The molecule has 0 aromatic carbocycles. The van der Waals surface area contributed by atoms with Crippen molar-refractivity contribution in [3.8, 4) is 0 Å². The van der Waals surface area contributed by atoms with E-state index in [0.29, 0.717) is 5.57 Å². The minimum Gasteiger partial charge on any atom is -0.497 e. The first-order valence-corrected chi connectivity index (χ1v) is 8.36. The summed E-state index contributed by atoms with van der Waals surface area (Å²) in [5, 5.41) is 0. The summed E-state index contributed by atoms with van der Waals surface area (Å²) in [5.74, 6) is -0.333. The summed E-state index contributed by atoms with van der Waals surface area (Å²) in [6.07, 6.45) is 0. The van der Waals surface area contributed by atoms with Crippen molar-refractivity contribution in [2.24, 2.45) is 0 Å². The Bertz CT molecular complexity index is 184. The van der Waals surface area contributed by atoms with Crippen LogP contribution in [-0.4, -0.2) is 24.3 Å². The molecule has 0 radical (unpaired) electrons. The predicted molar refractivity (Wildman–Crippen MR) is 53.9 cm³/mol. The van der Waals surface area contributed by atoms with Crippen LogP contribution in [-0.2, 0) is 13.3 Å². The number of hydrogen-bond acceptors (Lipinski definition) is 3. The van der Waals surface area contributed by atoms with Crippen LogP contribution < -0.4 is 0 Å². The summed E-state index contributed by atoms with van der Waals surface area (Å²) in [7, 11) is -2.64. The van der Waals surface area contributed by atoms with Crippen LogP contribution in [0, 0.1) is 0 Å². The van der Waals surface area contributed by atoms with Crippen molar-refractivity contribution >= 4 is 24.3 Å². The van der Waals surface area contributed by atoms with Gasteiger partial charge in [-0.1, -0.05) is 6.58 Å². The van der Waals surface area contributed by atoms with Gasteiger partial charge in [-0.2, -0.15) is 0 Å². The molecule has 0 unspecified atom stereocenters. The molecule has 0 aromatic heterocycles. The first kappa shape index (κ1) is 11.6. The molecule has 5 heteroatoms. The van der Waals surface area contributed by atoms with E-state index in [4.69, 9.17) is 8.54 Å². The lowest BCUT2D eigenvalue weighted by Gasteiger charge is -2.16. The molecule has 0 aliphatic rings. The molecule has 0 aliphatic carbocycles. The Labute approximate surface area is 77.0 Å². The zero-order valence-corrected chi connectivity index (χ0v) is 10.6. The summed E-state index contributed by atoms with van der Waals surface area (Å²) >= 11 is 0. The van der Waals surface area contributed by atoms with E-state index in [9.17, 15) is 4.79 Å². The second-order valence-corrected chi connectivity index (χ2v) is 9.49. The molecule has 0 saturated carbocycles. The Morgan fingerprint density at radius 3 is 2.25 bits per heavy atom. The van der Waals surface area contributed by atoms with Crippen molar-refractivity contribution in [1.29, 1.82) is 0 Å². The minimum absolute atomic E-state index is 0.333. The third kappa shape index (κ3) is 6.32. The second-order valence-electron chi connectivity index (χ2n) is 3.59. The van der Waals surface area contributed by atoms with Gasteiger partial charge in [-0.3, -0.25) is 0 Å². The predicted octanol–water partition coefficient (Wildman–Crippen LogP) is 0.956. The highest BCUT2D eigenvalue weighted by Gasteiger charge is 2.14. The highest BCUT2D eigenvalue weighted by atomic mass is 28.4. The van der Waals surface area contributed by atoms with Gasteiger partial charge < -0.3 is 8.54 Å². The lowest BCUT2D eigenvalue weighted by Crippen LogP contribution is -2.29. The van der Waals surface area contributed by atoms with Crippen LogP contribution in [0.25, 0.3) is 0 Å². The molecule has 0 rings (SSSR count). The Balaban J connectivity index is 3.58. The van der Waals surface area contributed by atoms with Crippen LogP contribution >= 0.6 is 0 Å². The van der Waals surface area contributed by atoms with Gasteiger partial charge in [-0.25, -0.2) is 4.79 Å². The molecule has 0 aromatic rings. The second kappa shape index (κ2) is 4.59. The Hall–Kier alpha value is -0.396. The zero-order chi connectivity index (χ0) is 9.78. The molecule has 0 bridgehead atoms. The van der Waals surface area contributed by atoms with Gasteiger partial charge in [0.1, 0.15) is 0 Å². The van der Waals surface area contributed by atoms with Gasteiger partial charge >= 0.3 is 16.0 Å². The molecule has 0 heterocycles. The van der Waals surface area contributed by atoms with Gasteiger partial charge in [0.15, 0.2) is 8.32 Å². The third-order valence-electron chi connectivity index (χ3n) is 1.03. The van der Waals surface area contributed by atoms with Gasteiger partial charge in [-0.05, 0) is 26.6 Å². The molecule has 0 fully saturated rings. The molecule has 0 N–H and O–H groups in total. The minimum atomic E-state index is -1.50. The van der Waals surface area contributed by atoms with Crippen molar-refractivity contribution in [3.05, 3.63) is 12.2 Å². The van der Waals surface area contributed by atoms with E-state index in [2.05, 4.69) is 26.2 Å². The lowest BCUT2D eigenvalue weighted by molar-refractivity contribution is -0.130. The first-order chi connectivity index (χ1) is 5.33. The standard InChI is InChI=1S/C7H16O3Si2/c1-6(2)7(8)9-11-10-12(3,4)5/h1,11H2,2-5H3. The summed E-state index contributed by atoms with van der Waals surface area (Å²) in [4.78, 5) is 10.9. The van der Waals surface area contributed by atoms with Crippen LogP contribution in [0.15, 0.2) is 12.2 Å². The van der Waals surface area contributed by atoms with E-state index in [1.165, 1.54) is 0 Å². The molecule has 0 saturated heterocycles. The maximum atomic E-state index is 10.9. The van der Waals surface area contributed by atoms with Crippen LogP contribution in [0.5, 0.6) is 0 Å². The van der Waals surface area contributed by atoms with Crippen molar-refractivity contribution in [2.45, 2.75) is 26.6 Å². The van der Waals surface area contributed by atoms with E-state index in [1.54, 1.807) is 6.92 Å². The van der Waals surface area contributed by atoms with Crippen molar-refractivity contribution in [1.82, 2.24) is 0 Å². The van der Waals surface area contributed by atoms with Gasteiger partial charge in [0.25, 0.3) is 0 Å². The summed E-state index contributed by atoms with van der Waals surface area (Å²) in [6.45, 7) is 11.3. The molecule has 3 nitrogen and oxygen atoms in total. The van der Waals surface area contributed by atoms with Gasteiger partial charge in [0.2, 0.25) is 0 Å². The van der Waals surface area contributed by atoms with Crippen LogP contribution in [0.3, 0.4) is 0 Å². The largest absolute Gasteiger partial charge is 0.497 e. The molecule has 0 aliphatic heterocycles. The summed E-state index contributed by atoms with van der Waals surface area (Å²) in [6, 6.07) is 0. The van der Waals surface area contributed by atoms with Crippen LogP contribution in [0.1, 0.15) is 6.92 Å². The van der Waals surface area contributed by atoms with Gasteiger partial charge in [0.05, 0.1) is 0 Å². The summed E-state index contributed by atoms with van der Waals surface area (Å²) < 4.78 is 10.3. The summed E-state index contributed by atoms with van der Waals surface area (Å²) in [5.41, 5.74) is 0.432. The molecular weight excluding hydrogens is 188 g/mol. The van der Waals surface area contributed by atoms with Gasteiger partial charge in [0, 0.05) is 5.57 Å². The average Bonchev–Trinajstić information content (AvgIpc) is 1.84. The first-order valence-electron chi connectivity index (χ1n) is 3.79. The average molecular weight is 204 g/mol. The molecule has 0 spiro atoms. The fourth-order valence-corrected chi connectivity index (χ4v) is 2.39. The monoisotopic (exact) mass is 204 g/mol. The Morgan fingerprint density at radius 1 is 1.42 bits per heavy atom. The third-order valence-corrected chi connectivity index (χ3v) is 5.35. The topological polar surface area (TPSA) is 35.5 Å². The Kier molecular flexibility index (Phi) is 4.43. The molecule has 0 atom stereocenters. The van der Waals surface area contributed by atoms with Crippen LogP contribution in [0.2, 0.25) is 19.6 Å². The molecule has 70 valence electrons.